The molecule has 0 unspecified atom stereocenters. The maximum atomic E-state index is 12.5. The van der Waals surface area contributed by atoms with Crippen LogP contribution in [-0.4, -0.2) is 46.6 Å². The van der Waals surface area contributed by atoms with Gasteiger partial charge in [-0.3, -0.25) is 4.79 Å². The van der Waals surface area contributed by atoms with Crippen molar-refractivity contribution < 1.29 is 14.7 Å². The van der Waals surface area contributed by atoms with Gasteiger partial charge in [0.05, 0.1) is 12.1 Å². The first-order chi connectivity index (χ1) is 8.59. The fourth-order valence-corrected chi connectivity index (χ4v) is 3.51. The van der Waals surface area contributed by atoms with Gasteiger partial charge in [0.25, 0.3) is 0 Å². The topological polar surface area (TPSA) is 69.6 Å². The maximum Gasteiger partial charge on any atom is 0.326 e. The molecule has 0 aliphatic carbocycles. The van der Waals surface area contributed by atoms with Crippen LogP contribution in [0.25, 0.3) is 0 Å². The van der Waals surface area contributed by atoms with E-state index >= 15 is 0 Å². The molecule has 18 heavy (non-hydrogen) atoms. The van der Waals surface area contributed by atoms with Gasteiger partial charge in [0.1, 0.15) is 6.04 Å². The average Bonchev–Trinajstić information content (AvgIpc) is 2.87. The van der Waals surface area contributed by atoms with E-state index in [1.807, 2.05) is 13.0 Å². The summed E-state index contributed by atoms with van der Waals surface area (Å²) in [7, 11) is 0. The number of amides is 1. The first-order valence-corrected chi connectivity index (χ1v) is 6.56. The summed E-state index contributed by atoms with van der Waals surface area (Å²) in [6, 6.07) is -0.937. The van der Waals surface area contributed by atoms with E-state index in [0.717, 1.165) is 13.0 Å². The van der Waals surface area contributed by atoms with E-state index < -0.39 is 12.0 Å². The third kappa shape index (κ3) is 1.57. The van der Waals surface area contributed by atoms with E-state index in [4.69, 9.17) is 0 Å². The Balaban J connectivity index is 1.97. The molecular formula is C13H18N2O3. The molecule has 0 saturated carbocycles. The second kappa shape index (κ2) is 4.09. The molecule has 2 N–H and O–H groups in total. The Morgan fingerprint density at radius 3 is 3.00 bits per heavy atom. The number of fused-ring (bicyclic) bond motifs is 2. The number of aliphatic carboxylic acids is 1. The zero-order chi connectivity index (χ0) is 12.9. The van der Waals surface area contributed by atoms with Gasteiger partial charge in [-0.05, 0) is 25.3 Å². The number of carboxylic acids is 1. The first kappa shape index (κ1) is 11.7. The first-order valence-electron chi connectivity index (χ1n) is 6.56. The Labute approximate surface area is 106 Å². The highest BCUT2D eigenvalue weighted by Gasteiger charge is 2.49. The van der Waals surface area contributed by atoms with Gasteiger partial charge in [-0.1, -0.05) is 19.1 Å². The lowest BCUT2D eigenvalue weighted by Gasteiger charge is -2.29. The van der Waals surface area contributed by atoms with Crippen LogP contribution in [-0.2, 0) is 9.59 Å². The van der Waals surface area contributed by atoms with E-state index in [-0.39, 0.29) is 29.8 Å². The standard InChI is InChI=1S/C13H18N2O3/c1-7-6-10(13(17)18)15-9(7)3-2-8-4-5-14-11(8)12(15)16/h2-3,7-11,14H,4-6H2,1H3,(H,17,18)/t7-,8+,9+,10+,11+/m1/s1. The van der Waals surface area contributed by atoms with E-state index in [2.05, 4.69) is 11.4 Å². The van der Waals surface area contributed by atoms with Crippen molar-refractivity contribution in [3.05, 3.63) is 12.2 Å². The summed E-state index contributed by atoms with van der Waals surface area (Å²) in [5, 5.41) is 12.5. The molecule has 3 rings (SSSR count). The van der Waals surface area contributed by atoms with Gasteiger partial charge < -0.3 is 15.3 Å². The molecule has 3 heterocycles. The molecule has 0 radical (unpaired) electrons. The number of carboxylic acid groups (broad SMARTS) is 1. The highest BCUT2D eigenvalue weighted by molar-refractivity contribution is 5.89. The number of carbonyl (C=O) groups is 2. The molecule has 2 saturated heterocycles. The smallest absolute Gasteiger partial charge is 0.326 e. The van der Waals surface area contributed by atoms with Crippen LogP contribution < -0.4 is 5.32 Å². The molecule has 5 atom stereocenters. The number of carbonyl (C=O) groups excluding carboxylic acids is 1. The number of hydrogen-bond acceptors (Lipinski definition) is 3. The maximum absolute atomic E-state index is 12.5. The van der Waals surface area contributed by atoms with Gasteiger partial charge in [-0.25, -0.2) is 4.79 Å². The second-order valence-corrected chi connectivity index (χ2v) is 5.57. The zero-order valence-corrected chi connectivity index (χ0v) is 10.4. The molecule has 2 fully saturated rings. The zero-order valence-electron chi connectivity index (χ0n) is 10.4. The number of nitrogens with zero attached hydrogens (tertiary/aromatic N) is 1. The summed E-state index contributed by atoms with van der Waals surface area (Å²) in [6.45, 7) is 2.85. The van der Waals surface area contributed by atoms with Gasteiger partial charge >= 0.3 is 5.97 Å². The van der Waals surface area contributed by atoms with E-state index in [9.17, 15) is 14.7 Å². The van der Waals surface area contributed by atoms with Gasteiger partial charge in [0, 0.05) is 5.92 Å². The van der Waals surface area contributed by atoms with Crippen LogP contribution in [0.4, 0.5) is 0 Å². The van der Waals surface area contributed by atoms with E-state index in [1.54, 1.807) is 4.90 Å². The molecule has 0 aromatic heterocycles. The Morgan fingerprint density at radius 1 is 1.50 bits per heavy atom. The number of hydrogen-bond donors (Lipinski definition) is 2. The minimum atomic E-state index is -0.887. The van der Waals surface area contributed by atoms with Gasteiger partial charge in [-0.2, -0.15) is 0 Å². The molecular weight excluding hydrogens is 232 g/mol. The highest BCUT2D eigenvalue weighted by atomic mass is 16.4. The molecule has 1 amide bonds. The van der Waals surface area contributed by atoms with Crippen LogP contribution in [0.5, 0.6) is 0 Å². The third-order valence-corrected chi connectivity index (χ3v) is 4.47. The van der Waals surface area contributed by atoms with Crippen LogP contribution in [0.3, 0.4) is 0 Å². The minimum absolute atomic E-state index is 0.0377. The lowest BCUT2D eigenvalue weighted by molar-refractivity contribution is -0.149. The minimum Gasteiger partial charge on any atom is -0.480 e. The Kier molecular flexibility index (Phi) is 2.66. The summed E-state index contributed by atoms with van der Waals surface area (Å²) in [5.41, 5.74) is 0. The Morgan fingerprint density at radius 2 is 2.28 bits per heavy atom. The SMILES string of the molecule is C[C@@H]1C[C@@H](C(=O)O)N2C(=O)[C@H]3NCC[C@@H]3C=C[C@@H]12. The van der Waals surface area contributed by atoms with Crippen molar-refractivity contribution in [3.63, 3.8) is 0 Å². The largest absolute Gasteiger partial charge is 0.480 e. The fourth-order valence-electron chi connectivity index (χ4n) is 3.51. The predicted molar refractivity (Wildman–Crippen MR) is 64.9 cm³/mol. The van der Waals surface area contributed by atoms with Crippen LogP contribution in [0.1, 0.15) is 19.8 Å². The lowest BCUT2D eigenvalue weighted by Crippen LogP contribution is -2.51. The fraction of sp³-hybridized carbons (Fsp3) is 0.692. The van der Waals surface area contributed by atoms with Crippen molar-refractivity contribution in [2.45, 2.75) is 37.9 Å². The van der Waals surface area contributed by atoms with Gasteiger partial charge in [0.2, 0.25) is 5.91 Å². The predicted octanol–water partition coefficient (Wildman–Crippen LogP) is 0.225. The van der Waals surface area contributed by atoms with Crippen LogP contribution in [0.15, 0.2) is 12.2 Å². The van der Waals surface area contributed by atoms with Crippen LogP contribution in [0, 0.1) is 11.8 Å². The van der Waals surface area contributed by atoms with Gasteiger partial charge in [0.15, 0.2) is 0 Å². The highest BCUT2D eigenvalue weighted by Crippen LogP contribution is 2.35. The molecule has 5 nitrogen and oxygen atoms in total. The summed E-state index contributed by atoms with van der Waals surface area (Å²) in [4.78, 5) is 25.4. The summed E-state index contributed by atoms with van der Waals surface area (Å²) >= 11 is 0. The van der Waals surface area contributed by atoms with Crippen molar-refractivity contribution in [2.75, 3.05) is 6.54 Å². The van der Waals surface area contributed by atoms with Crippen LogP contribution >= 0.6 is 0 Å². The number of nitrogens with one attached hydrogen (secondary N) is 1. The van der Waals surface area contributed by atoms with Gasteiger partial charge in [-0.15, -0.1) is 0 Å². The van der Waals surface area contributed by atoms with E-state index in [1.165, 1.54) is 0 Å². The summed E-state index contributed by atoms with van der Waals surface area (Å²) < 4.78 is 0. The average molecular weight is 250 g/mol. The van der Waals surface area contributed by atoms with Crippen molar-refractivity contribution in [1.29, 1.82) is 0 Å². The quantitative estimate of drug-likeness (QED) is 0.653. The van der Waals surface area contributed by atoms with Crippen molar-refractivity contribution >= 4 is 11.9 Å². The molecule has 3 aliphatic heterocycles. The second-order valence-electron chi connectivity index (χ2n) is 5.57. The third-order valence-electron chi connectivity index (χ3n) is 4.47. The lowest BCUT2D eigenvalue weighted by atomic mass is 9.97. The summed E-state index contributed by atoms with van der Waals surface area (Å²) in [5.74, 6) is -0.485. The molecule has 3 aliphatic rings. The number of rotatable bonds is 1. The van der Waals surface area contributed by atoms with E-state index in [0.29, 0.717) is 6.42 Å². The summed E-state index contributed by atoms with van der Waals surface area (Å²) in [6.07, 6.45) is 5.66. The van der Waals surface area contributed by atoms with Crippen LogP contribution in [0.2, 0.25) is 0 Å². The Bertz CT molecular complexity index is 420. The molecule has 0 spiro atoms. The monoisotopic (exact) mass is 250 g/mol. The Hall–Kier alpha value is -1.36. The van der Waals surface area contributed by atoms with Crippen molar-refractivity contribution in [1.82, 2.24) is 10.2 Å². The molecule has 5 heteroatoms. The normalized spacial score (nSPS) is 42.6. The van der Waals surface area contributed by atoms with Crippen molar-refractivity contribution in [3.8, 4) is 0 Å². The molecule has 0 aromatic rings. The molecule has 0 aromatic carbocycles. The molecule has 98 valence electrons. The van der Waals surface area contributed by atoms with Crippen molar-refractivity contribution in [2.24, 2.45) is 11.8 Å². The molecule has 0 bridgehead atoms.